The molecule has 1 aromatic carbocycles. The van der Waals surface area contributed by atoms with Gasteiger partial charge in [-0.05, 0) is 37.1 Å². The van der Waals surface area contributed by atoms with Gasteiger partial charge in [-0.15, -0.1) is 0 Å². The molecule has 1 N–H and O–H groups in total. The zero-order chi connectivity index (χ0) is 16.5. The van der Waals surface area contributed by atoms with Gasteiger partial charge in [0.25, 0.3) is 5.91 Å². The molecule has 1 amide bonds. The van der Waals surface area contributed by atoms with Gasteiger partial charge in [0, 0.05) is 6.07 Å². The molecule has 122 valence electrons. The number of anilines is 1. The molecule has 2 rings (SSSR count). The van der Waals surface area contributed by atoms with E-state index in [-0.39, 0.29) is 17.4 Å². The zero-order valence-electron chi connectivity index (χ0n) is 13.8. The molecule has 1 aromatic rings. The Labute approximate surface area is 132 Å². The molecule has 4 nitrogen and oxygen atoms in total. The third kappa shape index (κ3) is 4.30. The van der Waals surface area contributed by atoms with E-state index >= 15 is 0 Å². The Morgan fingerprint density at radius 3 is 2.68 bits per heavy atom. The fourth-order valence-corrected chi connectivity index (χ4v) is 3.46. The van der Waals surface area contributed by atoms with E-state index < -0.39 is 21.0 Å². The summed E-state index contributed by atoms with van der Waals surface area (Å²) in [5, 5.41) is 2.72. The van der Waals surface area contributed by atoms with Crippen LogP contribution in [0.5, 0.6) is 5.75 Å². The van der Waals surface area contributed by atoms with Gasteiger partial charge in [0.15, 0.2) is 9.04 Å². The average Bonchev–Trinajstić information content (AvgIpc) is 2.34. The van der Waals surface area contributed by atoms with Crippen LogP contribution in [0.2, 0.25) is 13.1 Å². The van der Waals surface area contributed by atoms with E-state index in [0.29, 0.717) is 17.9 Å². The second kappa shape index (κ2) is 6.38. The highest BCUT2D eigenvalue weighted by atomic mass is 28.3. The summed E-state index contributed by atoms with van der Waals surface area (Å²) in [7, 11) is -1.33. The van der Waals surface area contributed by atoms with Crippen LogP contribution in [0.25, 0.3) is 0 Å². The lowest BCUT2D eigenvalue weighted by Crippen LogP contribution is -2.49. The Morgan fingerprint density at radius 1 is 1.41 bits per heavy atom. The van der Waals surface area contributed by atoms with Gasteiger partial charge in [0.2, 0.25) is 6.10 Å². The number of ether oxygens (including phenoxy) is 1. The first-order valence-electron chi connectivity index (χ1n) is 7.58. The Balaban J connectivity index is 2.24. The Hall–Kier alpha value is -1.40. The summed E-state index contributed by atoms with van der Waals surface area (Å²) in [5.74, 6) is -0.195. The number of rotatable bonds is 4. The van der Waals surface area contributed by atoms with Crippen molar-refractivity contribution in [1.82, 2.24) is 0 Å². The number of halogens is 1. The van der Waals surface area contributed by atoms with Crippen LogP contribution in [0, 0.1) is 11.2 Å². The van der Waals surface area contributed by atoms with Crippen molar-refractivity contribution in [1.29, 1.82) is 0 Å². The van der Waals surface area contributed by atoms with Gasteiger partial charge in [-0.3, -0.25) is 4.79 Å². The van der Waals surface area contributed by atoms with Crippen molar-refractivity contribution in [2.45, 2.75) is 52.5 Å². The first kappa shape index (κ1) is 17.0. The summed E-state index contributed by atoms with van der Waals surface area (Å²) >= 11 is 0. The highest BCUT2D eigenvalue weighted by Gasteiger charge is 2.38. The number of hydrogen-bond acceptors (Lipinski definition) is 3. The lowest BCUT2D eigenvalue weighted by Gasteiger charge is -2.35. The number of fused-ring (bicyclic) bond motifs is 1. The van der Waals surface area contributed by atoms with E-state index in [0.717, 1.165) is 0 Å². The van der Waals surface area contributed by atoms with Gasteiger partial charge < -0.3 is 14.5 Å². The normalized spacial score (nSPS) is 19.4. The molecule has 0 radical (unpaired) electrons. The van der Waals surface area contributed by atoms with Crippen molar-refractivity contribution in [3.05, 3.63) is 24.0 Å². The summed E-state index contributed by atoms with van der Waals surface area (Å²) in [4.78, 5) is 12.4. The summed E-state index contributed by atoms with van der Waals surface area (Å²) in [6.45, 7) is 10.5. The minimum absolute atomic E-state index is 0.0146. The number of nitrogens with one attached hydrogen (secondary N) is 1. The van der Waals surface area contributed by atoms with Crippen molar-refractivity contribution in [2.24, 2.45) is 5.41 Å². The molecule has 0 saturated heterocycles. The SMILES string of the molecule is C[SiH](C)OC(CC(C)(C)C)C1Oc2ccc(F)cc2NC1=O. The summed E-state index contributed by atoms with van der Waals surface area (Å²) < 4.78 is 25.1. The van der Waals surface area contributed by atoms with Gasteiger partial charge in [0.1, 0.15) is 11.6 Å². The van der Waals surface area contributed by atoms with Crippen molar-refractivity contribution in [3.63, 3.8) is 0 Å². The van der Waals surface area contributed by atoms with Crippen LogP contribution >= 0.6 is 0 Å². The van der Waals surface area contributed by atoms with Gasteiger partial charge in [-0.25, -0.2) is 4.39 Å². The van der Waals surface area contributed by atoms with Crippen molar-refractivity contribution in [3.8, 4) is 5.75 Å². The Morgan fingerprint density at radius 2 is 2.09 bits per heavy atom. The molecule has 0 spiro atoms. The highest BCUT2D eigenvalue weighted by Crippen LogP contribution is 2.34. The van der Waals surface area contributed by atoms with Gasteiger partial charge >= 0.3 is 0 Å². The summed E-state index contributed by atoms with van der Waals surface area (Å²) in [5.41, 5.74) is 0.387. The van der Waals surface area contributed by atoms with E-state index in [1.165, 1.54) is 18.2 Å². The van der Waals surface area contributed by atoms with Gasteiger partial charge in [0.05, 0.1) is 11.8 Å². The monoisotopic (exact) mass is 325 g/mol. The first-order chi connectivity index (χ1) is 10.2. The fourth-order valence-electron chi connectivity index (χ4n) is 2.52. The van der Waals surface area contributed by atoms with Gasteiger partial charge in [-0.2, -0.15) is 0 Å². The standard InChI is InChI=1S/C16H24FNO3Si/c1-16(2,3)9-13(21-22(4)5)14-15(19)18-11-8-10(17)6-7-12(11)20-14/h6-8,13-14,22H,9H2,1-5H3,(H,18,19). The molecule has 1 aliphatic rings. The smallest absolute Gasteiger partial charge is 0.268 e. The van der Waals surface area contributed by atoms with Crippen LogP contribution in [0.15, 0.2) is 18.2 Å². The molecular formula is C16H24FNO3Si. The maximum Gasteiger partial charge on any atom is 0.268 e. The lowest BCUT2D eigenvalue weighted by molar-refractivity contribution is -0.128. The van der Waals surface area contributed by atoms with E-state index in [1.807, 2.05) is 0 Å². The summed E-state index contributed by atoms with van der Waals surface area (Å²) in [6.07, 6.45) is -0.288. The maximum atomic E-state index is 13.2. The van der Waals surface area contributed by atoms with Crippen molar-refractivity contribution in [2.75, 3.05) is 5.32 Å². The van der Waals surface area contributed by atoms with Crippen LogP contribution < -0.4 is 10.1 Å². The Kier molecular flexibility index (Phi) is 4.92. The second-order valence-electron chi connectivity index (χ2n) is 7.16. The maximum absolute atomic E-state index is 13.2. The predicted molar refractivity (Wildman–Crippen MR) is 87.3 cm³/mol. The van der Waals surface area contributed by atoms with E-state index in [9.17, 15) is 9.18 Å². The van der Waals surface area contributed by atoms with Crippen LogP contribution in [-0.4, -0.2) is 27.2 Å². The number of benzene rings is 1. The lowest BCUT2D eigenvalue weighted by atomic mass is 9.87. The highest BCUT2D eigenvalue weighted by molar-refractivity contribution is 6.48. The second-order valence-corrected chi connectivity index (χ2v) is 9.53. The number of carbonyl (C=O) groups excluding carboxylic acids is 1. The molecule has 2 atom stereocenters. The largest absolute Gasteiger partial charge is 0.476 e. The minimum atomic E-state index is -1.33. The average molecular weight is 325 g/mol. The topological polar surface area (TPSA) is 47.6 Å². The molecule has 0 bridgehead atoms. The quantitative estimate of drug-likeness (QED) is 0.864. The molecule has 0 aliphatic carbocycles. The van der Waals surface area contributed by atoms with E-state index in [2.05, 4.69) is 39.2 Å². The molecular weight excluding hydrogens is 301 g/mol. The predicted octanol–water partition coefficient (Wildman–Crippen LogP) is 3.33. The van der Waals surface area contributed by atoms with Crippen LogP contribution in [0.1, 0.15) is 27.2 Å². The molecule has 0 aromatic heterocycles. The van der Waals surface area contributed by atoms with Gasteiger partial charge in [-0.1, -0.05) is 20.8 Å². The molecule has 6 heteroatoms. The summed E-state index contributed by atoms with van der Waals surface area (Å²) in [6, 6.07) is 4.13. The van der Waals surface area contributed by atoms with Crippen molar-refractivity contribution >= 4 is 20.6 Å². The molecule has 2 unspecified atom stereocenters. The third-order valence-corrected chi connectivity index (χ3v) is 4.20. The minimum Gasteiger partial charge on any atom is -0.476 e. The Bertz CT molecular complexity index is 557. The van der Waals surface area contributed by atoms with Crippen LogP contribution in [-0.2, 0) is 9.22 Å². The van der Waals surface area contributed by atoms with E-state index in [4.69, 9.17) is 9.16 Å². The van der Waals surface area contributed by atoms with Crippen molar-refractivity contribution < 1.29 is 18.3 Å². The zero-order valence-corrected chi connectivity index (χ0v) is 14.9. The third-order valence-electron chi connectivity index (χ3n) is 3.31. The molecule has 22 heavy (non-hydrogen) atoms. The number of hydrogen-bond donors (Lipinski definition) is 1. The molecule has 0 fully saturated rings. The fraction of sp³-hybridized carbons (Fsp3) is 0.562. The molecule has 0 saturated carbocycles. The van der Waals surface area contributed by atoms with E-state index in [1.54, 1.807) is 0 Å². The first-order valence-corrected chi connectivity index (χ1v) is 10.4. The molecule has 1 heterocycles. The number of carbonyl (C=O) groups is 1. The number of amides is 1. The molecule has 1 aliphatic heterocycles. The van der Waals surface area contributed by atoms with Crippen LogP contribution in [0.4, 0.5) is 10.1 Å². The van der Waals surface area contributed by atoms with Crippen LogP contribution in [0.3, 0.4) is 0 Å².